The molecule has 0 bridgehead atoms. The summed E-state index contributed by atoms with van der Waals surface area (Å²) in [5.74, 6) is 1.72. The molecule has 1 aromatic rings. The third kappa shape index (κ3) is 3.13. The van der Waals surface area contributed by atoms with Crippen molar-refractivity contribution < 1.29 is 9.47 Å². The molecule has 0 saturated carbocycles. The fourth-order valence-electron chi connectivity index (χ4n) is 1.75. The van der Waals surface area contributed by atoms with Gasteiger partial charge in [0.25, 0.3) is 0 Å². The van der Waals surface area contributed by atoms with Gasteiger partial charge < -0.3 is 14.8 Å². The van der Waals surface area contributed by atoms with E-state index in [0.717, 1.165) is 24.6 Å². The van der Waals surface area contributed by atoms with Crippen LogP contribution < -0.4 is 14.8 Å². The van der Waals surface area contributed by atoms with E-state index >= 15 is 0 Å². The predicted molar refractivity (Wildman–Crippen MR) is 68.6 cm³/mol. The molecule has 1 aliphatic rings. The Morgan fingerprint density at radius 3 is 2.59 bits per heavy atom. The van der Waals surface area contributed by atoms with Crippen LogP contribution in [0.25, 0.3) is 0 Å². The van der Waals surface area contributed by atoms with Gasteiger partial charge in [0.1, 0.15) is 0 Å². The third-order valence-electron chi connectivity index (χ3n) is 2.82. The number of nitrogens with one attached hydrogen (secondary N) is 1. The van der Waals surface area contributed by atoms with E-state index in [-0.39, 0.29) is 5.41 Å². The first-order valence-electron chi connectivity index (χ1n) is 6.20. The van der Waals surface area contributed by atoms with Crippen molar-refractivity contribution in [3.05, 3.63) is 23.8 Å². The summed E-state index contributed by atoms with van der Waals surface area (Å²) < 4.78 is 11.6. The van der Waals surface area contributed by atoms with Crippen molar-refractivity contribution in [3.8, 4) is 11.5 Å². The molecule has 17 heavy (non-hydrogen) atoms. The molecule has 3 heteroatoms. The summed E-state index contributed by atoms with van der Waals surface area (Å²) in [6.07, 6.45) is 0. The fourth-order valence-corrected chi connectivity index (χ4v) is 1.75. The zero-order valence-electron chi connectivity index (χ0n) is 10.9. The largest absolute Gasteiger partial charge is 0.489 e. The maximum atomic E-state index is 5.83. The molecular weight excluding hydrogens is 214 g/mol. The fraction of sp³-hybridized carbons (Fsp3) is 0.571. The Morgan fingerprint density at radius 2 is 1.88 bits per heavy atom. The van der Waals surface area contributed by atoms with Crippen LogP contribution in [0.4, 0.5) is 0 Å². The summed E-state index contributed by atoms with van der Waals surface area (Å²) >= 11 is 0. The molecule has 0 aromatic heterocycles. The van der Waals surface area contributed by atoms with Crippen molar-refractivity contribution in [1.29, 1.82) is 0 Å². The SMILES string of the molecule is CCNCc1ccc2c(c1)OCC(C)(C)CO2. The molecule has 0 radical (unpaired) electrons. The minimum atomic E-state index is 0.0703. The molecule has 0 atom stereocenters. The molecule has 1 N–H and O–H groups in total. The lowest BCUT2D eigenvalue weighted by Crippen LogP contribution is -2.26. The molecular formula is C14H21NO2. The predicted octanol–water partition coefficient (Wildman–Crippen LogP) is 2.59. The molecule has 94 valence electrons. The first-order chi connectivity index (χ1) is 8.11. The Kier molecular flexibility index (Phi) is 3.57. The number of hydrogen-bond acceptors (Lipinski definition) is 3. The Balaban J connectivity index is 2.14. The van der Waals surface area contributed by atoms with Crippen LogP contribution in [-0.2, 0) is 6.54 Å². The van der Waals surface area contributed by atoms with Crippen molar-refractivity contribution in [3.63, 3.8) is 0 Å². The van der Waals surface area contributed by atoms with Gasteiger partial charge in [0, 0.05) is 12.0 Å². The highest BCUT2D eigenvalue weighted by atomic mass is 16.5. The second-order valence-electron chi connectivity index (χ2n) is 5.30. The van der Waals surface area contributed by atoms with Crippen molar-refractivity contribution in [2.24, 2.45) is 5.41 Å². The van der Waals surface area contributed by atoms with Crippen LogP contribution in [0.5, 0.6) is 11.5 Å². The summed E-state index contributed by atoms with van der Waals surface area (Å²) in [7, 11) is 0. The average Bonchev–Trinajstić information content (AvgIpc) is 2.46. The lowest BCUT2D eigenvalue weighted by atomic mass is 9.97. The molecule has 0 aliphatic carbocycles. The monoisotopic (exact) mass is 235 g/mol. The van der Waals surface area contributed by atoms with Crippen LogP contribution in [0, 0.1) is 5.41 Å². The lowest BCUT2D eigenvalue weighted by Gasteiger charge is -2.19. The second kappa shape index (κ2) is 4.96. The van der Waals surface area contributed by atoms with Crippen LogP contribution in [0.1, 0.15) is 26.3 Å². The van der Waals surface area contributed by atoms with Crippen molar-refractivity contribution in [2.75, 3.05) is 19.8 Å². The van der Waals surface area contributed by atoms with Gasteiger partial charge in [-0.2, -0.15) is 0 Å². The number of fused-ring (bicyclic) bond motifs is 1. The molecule has 1 aromatic carbocycles. The summed E-state index contributed by atoms with van der Waals surface area (Å²) in [4.78, 5) is 0. The Morgan fingerprint density at radius 1 is 1.18 bits per heavy atom. The van der Waals surface area contributed by atoms with E-state index in [9.17, 15) is 0 Å². The van der Waals surface area contributed by atoms with Crippen LogP contribution in [-0.4, -0.2) is 19.8 Å². The molecule has 0 saturated heterocycles. The molecule has 0 fully saturated rings. The smallest absolute Gasteiger partial charge is 0.161 e. The van der Waals surface area contributed by atoms with Crippen molar-refractivity contribution >= 4 is 0 Å². The van der Waals surface area contributed by atoms with Crippen LogP contribution in [0.3, 0.4) is 0 Å². The highest BCUT2D eigenvalue weighted by molar-refractivity contribution is 5.43. The Bertz CT molecular complexity index is 388. The van der Waals surface area contributed by atoms with E-state index < -0.39 is 0 Å². The van der Waals surface area contributed by atoms with Gasteiger partial charge in [0.05, 0.1) is 13.2 Å². The lowest BCUT2D eigenvalue weighted by molar-refractivity contribution is 0.140. The number of benzene rings is 1. The quantitative estimate of drug-likeness (QED) is 0.873. The second-order valence-corrected chi connectivity index (χ2v) is 5.30. The highest BCUT2D eigenvalue weighted by Crippen LogP contribution is 2.34. The molecule has 0 spiro atoms. The first kappa shape index (κ1) is 12.2. The van der Waals surface area contributed by atoms with Crippen LogP contribution >= 0.6 is 0 Å². The summed E-state index contributed by atoms with van der Waals surface area (Å²) in [5, 5.41) is 3.31. The molecule has 0 amide bonds. The number of hydrogen-bond donors (Lipinski definition) is 1. The van der Waals surface area contributed by atoms with Gasteiger partial charge in [-0.3, -0.25) is 0 Å². The molecule has 1 heterocycles. The van der Waals surface area contributed by atoms with Gasteiger partial charge >= 0.3 is 0 Å². The van der Waals surface area contributed by atoms with Gasteiger partial charge in [0.2, 0.25) is 0 Å². The maximum Gasteiger partial charge on any atom is 0.161 e. The molecule has 0 unspecified atom stereocenters. The van der Waals surface area contributed by atoms with Gasteiger partial charge in [0.15, 0.2) is 11.5 Å². The topological polar surface area (TPSA) is 30.5 Å². The summed E-state index contributed by atoms with van der Waals surface area (Å²) in [6.45, 7) is 9.65. The van der Waals surface area contributed by atoms with E-state index in [0.29, 0.717) is 13.2 Å². The minimum absolute atomic E-state index is 0.0703. The van der Waals surface area contributed by atoms with E-state index in [4.69, 9.17) is 9.47 Å². The van der Waals surface area contributed by atoms with Crippen molar-refractivity contribution in [2.45, 2.75) is 27.3 Å². The summed E-state index contributed by atoms with van der Waals surface area (Å²) in [6, 6.07) is 6.16. The van der Waals surface area contributed by atoms with Gasteiger partial charge in [-0.05, 0) is 24.2 Å². The normalized spacial score (nSPS) is 17.6. The Labute approximate surface area is 103 Å². The van der Waals surface area contributed by atoms with Gasteiger partial charge in [-0.15, -0.1) is 0 Å². The van der Waals surface area contributed by atoms with Gasteiger partial charge in [-0.1, -0.05) is 26.8 Å². The van der Waals surface area contributed by atoms with Crippen LogP contribution in [0.2, 0.25) is 0 Å². The van der Waals surface area contributed by atoms with Crippen molar-refractivity contribution in [1.82, 2.24) is 5.32 Å². The van der Waals surface area contributed by atoms with E-state index in [1.165, 1.54) is 5.56 Å². The first-order valence-corrected chi connectivity index (χ1v) is 6.20. The number of ether oxygens (including phenoxy) is 2. The number of rotatable bonds is 3. The van der Waals surface area contributed by atoms with E-state index in [1.54, 1.807) is 0 Å². The zero-order chi connectivity index (χ0) is 12.3. The van der Waals surface area contributed by atoms with E-state index in [2.05, 4.69) is 38.2 Å². The standard InChI is InChI=1S/C14H21NO2/c1-4-15-8-11-5-6-12-13(7-11)17-10-14(2,3)9-16-12/h5-7,15H,4,8-10H2,1-3H3. The zero-order valence-corrected chi connectivity index (χ0v) is 10.9. The van der Waals surface area contributed by atoms with Crippen LogP contribution in [0.15, 0.2) is 18.2 Å². The van der Waals surface area contributed by atoms with Gasteiger partial charge in [-0.25, -0.2) is 0 Å². The molecule has 1 aliphatic heterocycles. The molecule has 2 rings (SSSR count). The Hall–Kier alpha value is -1.22. The third-order valence-corrected chi connectivity index (χ3v) is 2.82. The average molecular weight is 235 g/mol. The minimum Gasteiger partial charge on any atom is -0.489 e. The van der Waals surface area contributed by atoms with E-state index in [1.807, 2.05) is 6.07 Å². The summed E-state index contributed by atoms with van der Waals surface area (Å²) in [5.41, 5.74) is 1.30. The highest BCUT2D eigenvalue weighted by Gasteiger charge is 2.25. The maximum absolute atomic E-state index is 5.83. The molecule has 3 nitrogen and oxygen atoms in total.